The van der Waals surface area contributed by atoms with Gasteiger partial charge in [-0.2, -0.15) is 18.3 Å². The van der Waals surface area contributed by atoms with Crippen molar-refractivity contribution in [2.75, 3.05) is 32.7 Å². The van der Waals surface area contributed by atoms with Crippen molar-refractivity contribution in [3.05, 3.63) is 77.6 Å². The number of aromatic nitrogens is 2. The molecule has 3 amide bonds. The zero-order valence-corrected chi connectivity index (χ0v) is 19.5. The Morgan fingerprint density at radius 2 is 1.56 bits per heavy atom. The van der Waals surface area contributed by atoms with E-state index in [9.17, 15) is 27.6 Å². The standard InChI is InChI=1S/C25H24F3N5O3/c1-31-16-19(14-30-31)17-6-8-18(9-7-17)23(35)29-15-22(34)32-10-12-33(13-11-32)24(36)20-4-2-3-5-21(20)25(26,27)28/h2-9,14,16H,10-13,15H2,1H3,(H,29,35). The molecule has 2 aromatic carbocycles. The molecule has 11 heteroatoms. The number of hydrogen-bond donors (Lipinski definition) is 1. The molecule has 0 unspecified atom stereocenters. The second-order valence-electron chi connectivity index (χ2n) is 8.38. The van der Waals surface area contributed by atoms with Gasteiger partial charge in [0.15, 0.2) is 0 Å². The molecule has 1 saturated heterocycles. The molecule has 3 aromatic rings. The highest BCUT2D eigenvalue weighted by Gasteiger charge is 2.36. The molecule has 1 aliphatic heterocycles. The van der Waals surface area contributed by atoms with E-state index in [1.165, 1.54) is 21.9 Å². The van der Waals surface area contributed by atoms with Crippen LogP contribution in [0.15, 0.2) is 60.9 Å². The molecule has 0 spiro atoms. The molecule has 4 rings (SSSR count). The summed E-state index contributed by atoms with van der Waals surface area (Å²) in [5.41, 5.74) is 0.825. The fraction of sp³-hybridized carbons (Fsp3) is 0.280. The Labute approximate surface area is 205 Å². The Morgan fingerprint density at radius 3 is 2.17 bits per heavy atom. The highest BCUT2D eigenvalue weighted by molar-refractivity contribution is 5.97. The molecule has 2 heterocycles. The second kappa shape index (κ2) is 10.2. The van der Waals surface area contributed by atoms with Gasteiger partial charge in [-0.25, -0.2) is 0 Å². The quantitative estimate of drug-likeness (QED) is 0.585. The molecule has 1 aromatic heterocycles. The van der Waals surface area contributed by atoms with E-state index in [1.54, 1.807) is 35.1 Å². The van der Waals surface area contributed by atoms with Crippen molar-refractivity contribution < 1.29 is 27.6 Å². The molecular formula is C25H24F3N5O3. The van der Waals surface area contributed by atoms with E-state index in [1.807, 2.05) is 13.2 Å². The molecule has 8 nitrogen and oxygen atoms in total. The Balaban J connectivity index is 1.28. The van der Waals surface area contributed by atoms with E-state index >= 15 is 0 Å². The Hall–Kier alpha value is -4.15. The third-order valence-electron chi connectivity index (χ3n) is 5.97. The molecule has 1 aliphatic rings. The third-order valence-corrected chi connectivity index (χ3v) is 5.97. The maximum atomic E-state index is 13.3. The highest BCUT2D eigenvalue weighted by atomic mass is 19.4. The number of nitrogens with zero attached hydrogens (tertiary/aromatic N) is 4. The first-order valence-electron chi connectivity index (χ1n) is 11.2. The first-order valence-corrected chi connectivity index (χ1v) is 11.2. The molecule has 0 saturated carbocycles. The Bertz CT molecular complexity index is 1260. The second-order valence-corrected chi connectivity index (χ2v) is 8.38. The van der Waals surface area contributed by atoms with Gasteiger partial charge in [0.25, 0.3) is 11.8 Å². The van der Waals surface area contributed by atoms with Crippen molar-refractivity contribution in [1.82, 2.24) is 24.9 Å². The topological polar surface area (TPSA) is 87.5 Å². The average Bonchev–Trinajstić information content (AvgIpc) is 3.32. The van der Waals surface area contributed by atoms with Crippen molar-refractivity contribution in [3.63, 3.8) is 0 Å². The molecule has 0 atom stereocenters. The van der Waals surface area contributed by atoms with Crippen molar-refractivity contribution in [1.29, 1.82) is 0 Å². The summed E-state index contributed by atoms with van der Waals surface area (Å²) in [4.78, 5) is 40.5. The Kier molecular flexibility index (Phi) is 7.09. The number of nitrogens with one attached hydrogen (secondary N) is 1. The van der Waals surface area contributed by atoms with Crippen molar-refractivity contribution in [2.24, 2.45) is 7.05 Å². The van der Waals surface area contributed by atoms with Crippen molar-refractivity contribution >= 4 is 17.7 Å². The lowest BCUT2D eigenvalue weighted by Gasteiger charge is -2.35. The number of alkyl halides is 3. The number of amides is 3. The van der Waals surface area contributed by atoms with Gasteiger partial charge in [-0.05, 0) is 29.8 Å². The predicted molar refractivity (Wildman–Crippen MR) is 125 cm³/mol. The summed E-state index contributed by atoms with van der Waals surface area (Å²) in [6, 6.07) is 11.6. The van der Waals surface area contributed by atoms with E-state index in [4.69, 9.17) is 0 Å². The predicted octanol–water partition coefficient (Wildman–Crippen LogP) is 2.82. The van der Waals surface area contributed by atoms with E-state index in [0.717, 1.165) is 23.3 Å². The van der Waals surface area contributed by atoms with E-state index in [2.05, 4.69) is 10.4 Å². The largest absolute Gasteiger partial charge is 0.417 e. The van der Waals surface area contributed by atoms with Crippen LogP contribution in [0.1, 0.15) is 26.3 Å². The molecule has 0 aliphatic carbocycles. The summed E-state index contributed by atoms with van der Waals surface area (Å²) in [6.07, 6.45) is -1.06. The van der Waals surface area contributed by atoms with Crippen LogP contribution in [0.2, 0.25) is 0 Å². The minimum atomic E-state index is -4.64. The molecule has 36 heavy (non-hydrogen) atoms. The molecule has 0 bridgehead atoms. The van der Waals surface area contributed by atoms with Crippen LogP contribution in [-0.2, 0) is 18.0 Å². The summed E-state index contributed by atoms with van der Waals surface area (Å²) in [6.45, 7) is 0.290. The summed E-state index contributed by atoms with van der Waals surface area (Å²) >= 11 is 0. The van der Waals surface area contributed by atoms with Gasteiger partial charge >= 0.3 is 6.18 Å². The molecule has 1 fully saturated rings. The van der Waals surface area contributed by atoms with Gasteiger partial charge in [-0.15, -0.1) is 0 Å². The third kappa shape index (κ3) is 5.56. The van der Waals surface area contributed by atoms with Crippen LogP contribution in [0.5, 0.6) is 0 Å². The summed E-state index contributed by atoms with van der Waals surface area (Å²) in [5.74, 6) is -1.46. The summed E-state index contributed by atoms with van der Waals surface area (Å²) in [7, 11) is 1.81. The van der Waals surface area contributed by atoms with E-state index < -0.39 is 29.1 Å². The van der Waals surface area contributed by atoms with Gasteiger partial charge in [0, 0.05) is 50.6 Å². The minimum Gasteiger partial charge on any atom is -0.343 e. The number of rotatable bonds is 5. The van der Waals surface area contributed by atoms with Crippen LogP contribution in [-0.4, -0.2) is 70.0 Å². The first kappa shape index (κ1) is 25.0. The maximum Gasteiger partial charge on any atom is 0.417 e. The Morgan fingerprint density at radius 1 is 0.917 bits per heavy atom. The lowest BCUT2D eigenvalue weighted by atomic mass is 10.1. The van der Waals surface area contributed by atoms with Gasteiger partial charge in [0.1, 0.15) is 0 Å². The van der Waals surface area contributed by atoms with Crippen LogP contribution >= 0.6 is 0 Å². The number of halogens is 3. The lowest BCUT2D eigenvalue weighted by Crippen LogP contribution is -2.52. The molecule has 1 N–H and O–H groups in total. The van der Waals surface area contributed by atoms with Gasteiger partial charge in [-0.1, -0.05) is 24.3 Å². The van der Waals surface area contributed by atoms with Crippen LogP contribution in [0.25, 0.3) is 11.1 Å². The molecule has 188 valence electrons. The lowest BCUT2D eigenvalue weighted by molar-refractivity contribution is -0.138. The van der Waals surface area contributed by atoms with Gasteiger partial charge in [0.2, 0.25) is 5.91 Å². The fourth-order valence-corrected chi connectivity index (χ4v) is 4.00. The zero-order valence-electron chi connectivity index (χ0n) is 19.5. The summed E-state index contributed by atoms with van der Waals surface area (Å²) < 4.78 is 41.4. The maximum absolute atomic E-state index is 13.3. The minimum absolute atomic E-state index is 0.0977. The number of aryl methyl sites for hydroxylation is 1. The average molecular weight is 499 g/mol. The number of hydrogen-bond acceptors (Lipinski definition) is 4. The highest BCUT2D eigenvalue weighted by Crippen LogP contribution is 2.32. The van der Waals surface area contributed by atoms with E-state index in [-0.39, 0.29) is 38.6 Å². The van der Waals surface area contributed by atoms with Crippen LogP contribution in [0, 0.1) is 0 Å². The number of carbonyl (C=O) groups is 3. The fourth-order valence-electron chi connectivity index (χ4n) is 4.00. The van der Waals surface area contributed by atoms with Gasteiger partial charge in [-0.3, -0.25) is 19.1 Å². The van der Waals surface area contributed by atoms with Gasteiger partial charge < -0.3 is 15.1 Å². The van der Waals surface area contributed by atoms with E-state index in [0.29, 0.717) is 5.56 Å². The smallest absolute Gasteiger partial charge is 0.343 e. The SMILES string of the molecule is Cn1cc(-c2ccc(C(=O)NCC(=O)N3CCN(C(=O)c4ccccc4C(F)(F)F)CC3)cc2)cn1. The van der Waals surface area contributed by atoms with Crippen LogP contribution in [0.3, 0.4) is 0 Å². The first-order chi connectivity index (χ1) is 17.1. The normalized spacial score (nSPS) is 14.0. The van der Waals surface area contributed by atoms with Crippen molar-refractivity contribution in [2.45, 2.75) is 6.18 Å². The molecular weight excluding hydrogens is 475 g/mol. The number of carbonyl (C=O) groups excluding carboxylic acids is 3. The van der Waals surface area contributed by atoms with Crippen molar-refractivity contribution in [3.8, 4) is 11.1 Å². The molecule has 0 radical (unpaired) electrons. The van der Waals surface area contributed by atoms with Crippen LogP contribution in [0.4, 0.5) is 13.2 Å². The van der Waals surface area contributed by atoms with Gasteiger partial charge in [0.05, 0.1) is 23.9 Å². The van der Waals surface area contributed by atoms with Crippen LogP contribution < -0.4 is 5.32 Å². The summed E-state index contributed by atoms with van der Waals surface area (Å²) in [5, 5.41) is 6.71. The zero-order chi connectivity index (χ0) is 25.9. The monoisotopic (exact) mass is 499 g/mol. The number of benzene rings is 2. The number of piperazine rings is 1.